The maximum atomic E-state index is 13.0. The van der Waals surface area contributed by atoms with Crippen LogP contribution in [0.5, 0.6) is 0 Å². The molecular formula is C24H23KN2O4S. The van der Waals surface area contributed by atoms with Gasteiger partial charge in [-0.1, -0.05) is 45.0 Å². The Hall–Kier alpha value is -1.13. The number of rotatable bonds is 3. The van der Waals surface area contributed by atoms with Crippen molar-refractivity contribution in [1.82, 2.24) is 9.97 Å². The molecule has 3 aromatic rings. The van der Waals surface area contributed by atoms with Gasteiger partial charge in [-0.2, -0.15) is 0 Å². The van der Waals surface area contributed by atoms with Crippen LogP contribution >= 0.6 is 0 Å². The Kier molecular flexibility index (Phi) is 5.98. The third-order valence-electron chi connectivity index (χ3n) is 7.61. The van der Waals surface area contributed by atoms with Crippen LogP contribution in [0.15, 0.2) is 52.9 Å². The molecule has 160 valence electrons. The van der Waals surface area contributed by atoms with Crippen molar-refractivity contribution in [1.29, 1.82) is 0 Å². The summed E-state index contributed by atoms with van der Waals surface area (Å²) < 4.78 is 33.7. The van der Waals surface area contributed by atoms with Crippen molar-refractivity contribution in [2.24, 2.45) is 16.7 Å². The van der Waals surface area contributed by atoms with Gasteiger partial charge in [-0.15, -0.1) is 0 Å². The molecule has 6 nitrogen and oxygen atoms in total. The number of benzene rings is 2. The number of H-pyrrole nitrogens is 1. The summed E-state index contributed by atoms with van der Waals surface area (Å²) >= 11 is 0. The predicted octanol–water partition coefficient (Wildman–Crippen LogP) is 1.55. The number of allylic oxidation sites excluding steroid dienone is 1. The summed E-state index contributed by atoms with van der Waals surface area (Å²) in [6.07, 6.45) is 4.04. The Morgan fingerprint density at radius 3 is 2.41 bits per heavy atom. The first-order chi connectivity index (χ1) is 14.5. The molecule has 2 aliphatic rings. The van der Waals surface area contributed by atoms with Gasteiger partial charge in [-0.25, -0.2) is 13.4 Å². The van der Waals surface area contributed by atoms with Gasteiger partial charge in [-0.05, 0) is 59.6 Å². The molecule has 0 amide bonds. The summed E-state index contributed by atoms with van der Waals surface area (Å²) in [6, 6.07) is 11.8. The first-order valence-electron chi connectivity index (χ1n) is 10.3. The molecule has 2 saturated carbocycles. The monoisotopic (exact) mass is 474 g/mol. The van der Waals surface area contributed by atoms with Gasteiger partial charge in [0, 0.05) is 11.0 Å². The molecular weight excluding hydrogens is 451 g/mol. The standard InChI is InChI=1S/C24H24N2O4S.K/c1-23(2)18-10-11-24(23,3)21(27)17(18)12-14-4-6-15(7-5-14)22-25-19-9-8-16(31(28,29)30)13-20(19)26-22;/h4-9,12-13,18H,10-11H2,1-3H3,(H,25,26)(H,28,29,30);/q;+1/p-1. The average Bonchev–Trinajstić information content (AvgIpc) is 3.27. The van der Waals surface area contributed by atoms with E-state index in [1.165, 1.54) is 18.2 Å². The van der Waals surface area contributed by atoms with Gasteiger partial charge in [0.2, 0.25) is 0 Å². The number of aromatic nitrogens is 2. The van der Waals surface area contributed by atoms with Crippen LogP contribution < -0.4 is 51.4 Å². The first-order valence-corrected chi connectivity index (χ1v) is 11.7. The second-order valence-corrected chi connectivity index (χ2v) is 10.8. The number of Topliss-reactive ketones (excluding diaryl/α,β-unsaturated/α-hetero) is 1. The van der Waals surface area contributed by atoms with Crippen LogP contribution in [0.25, 0.3) is 28.5 Å². The Morgan fingerprint density at radius 1 is 1.12 bits per heavy atom. The van der Waals surface area contributed by atoms with E-state index in [1.807, 2.05) is 30.3 Å². The molecule has 32 heavy (non-hydrogen) atoms. The topological polar surface area (TPSA) is 103 Å². The Morgan fingerprint density at radius 2 is 1.81 bits per heavy atom. The van der Waals surface area contributed by atoms with Crippen LogP contribution in [0, 0.1) is 16.7 Å². The number of nitrogens with one attached hydrogen (secondary N) is 1. The second kappa shape index (κ2) is 7.97. The van der Waals surface area contributed by atoms with Gasteiger partial charge >= 0.3 is 51.4 Å². The Balaban J connectivity index is 0.00000245. The van der Waals surface area contributed by atoms with Gasteiger partial charge in [0.25, 0.3) is 0 Å². The fourth-order valence-electron chi connectivity index (χ4n) is 5.29. The van der Waals surface area contributed by atoms with Crippen LogP contribution in [0.1, 0.15) is 39.2 Å². The summed E-state index contributed by atoms with van der Waals surface area (Å²) in [6.45, 7) is 6.51. The van der Waals surface area contributed by atoms with Crippen molar-refractivity contribution < 1.29 is 69.1 Å². The maximum Gasteiger partial charge on any atom is 1.00 e. The first kappa shape index (κ1) is 24.0. The molecule has 0 saturated heterocycles. The minimum Gasteiger partial charge on any atom is -0.744 e. The molecule has 1 aromatic heterocycles. The molecule has 2 aliphatic carbocycles. The molecule has 2 aromatic carbocycles. The zero-order valence-electron chi connectivity index (χ0n) is 18.6. The number of hydrogen-bond donors (Lipinski definition) is 1. The van der Waals surface area contributed by atoms with Gasteiger partial charge in [0.1, 0.15) is 15.9 Å². The summed E-state index contributed by atoms with van der Waals surface area (Å²) in [5.74, 6) is 1.16. The smallest absolute Gasteiger partial charge is 0.744 e. The number of ketones is 1. The number of carbonyl (C=O) groups is 1. The summed E-state index contributed by atoms with van der Waals surface area (Å²) in [7, 11) is -4.52. The van der Waals surface area contributed by atoms with Crippen molar-refractivity contribution in [3.05, 3.63) is 53.6 Å². The van der Waals surface area contributed by atoms with Gasteiger partial charge < -0.3 is 9.54 Å². The molecule has 2 bridgehead atoms. The number of imidazole rings is 1. The van der Waals surface area contributed by atoms with Gasteiger partial charge in [-0.3, -0.25) is 4.79 Å². The minimum atomic E-state index is -4.52. The van der Waals surface area contributed by atoms with E-state index in [2.05, 4.69) is 30.7 Å². The predicted molar refractivity (Wildman–Crippen MR) is 117 cm³/mol. The number of aromatic amines is 1. The second-order valence-electron chi connectivity index (χ2n) is 9.41. The van der Waals surface area contributed by atoms with E-state index in [1.54, 1.807) is 0 Å². The molecule has 1 N–H and O–H groups in total. The summed E-state index contributed by atoms with van der Waals surface area (Å²) in [5.41, 5.74) is 3.51. The molecule has 2 atom stereocenters. The molecule has 8 heteroatoms. The fourth-order valence-corrected chi connectivity index (χ4v) is 5.79. The molecule has 1 heterocycles. The number of carbonyl (C=O) groups excluding carboxylic acids is 1. The van der Waals surface area contributed by atoms with E-state index in [9.17, 15) is 17.8 Å². The maximum absolute atomic E-state index is 13.0. The van der Waals surface area contributed by atoms with Gasteiger partial charge in [0.15, 0.2) is 5.78 Å². The quantitative estimate of drug-likeness (QED) is 0.352. The third kappa shape index (κ3) is 3.60. The van der Waals surface area contributed by atoms with E-state index in [0.717, 1.165) is 29.5 Å². The van der Waals surface area contributed by atoms with Crippen LogP contribution in [0.2, 0.25) is 0 Å². The average molecular weight is 475 g/mol. The van der Waals surface area contributed by atoms with Crippen LogP contribution in [-0.4, -0.2) is 28.7 Å². The SMILES string of the molecule is CC12CCC(C(=Cc3ccc(-c4nc5ccc(S(=O)(=O)[O-])cc5[nH]4)cc3)C1=O)C2(C)C.[K+]. The zero-order chi connectivity index (χ0) is 22.2. The normalized spacial score (nSPS) is 25.4. The molecule has 0 aliphatic heterocycles. The molecule has 2 unspecified atom stereocenters. The molecule has 2 fully saturated rings. The molecule has 0 radical (unpaired) electrons. The van der Waals surface area contributed by atoms with Crippen molar-refractivity contribution in [3.8, 4) is 11.4 Å². The van der Waals surface area contributed by atoms with E-state index in [-0.39, 0.29) is 72.9 Å². The van der Waals surface area contributed by atoms with Crippen LogP contribution in [-0.2, 0) is 14.9 Å². The summed E-state index contributed by atoms with van der Waals surface area (Å²) in [5, 5.41) is 0. The number of hydrogen-bond acceptors (Lipinski definition) is 5. The van der Waals surface area contributed by atoms with E-state index in [4.69, 9.17) is 0 Å². The Labute approximate surface area is 230 Å². The molecule has 5 rings (SSSR count). The van der Waals surface area contributed by atoms with Crippen molar-refractivity contribution in [2.45, 2.75) is 38.5 Å². The van der Waals surface area contributed by atoms with Crippen LogP contribution in [0.3, 0.4) is 0 Å². The van der Waals surface area contributed by atoms with E-state index < -0.39 is 10.1 Å². The van der Waals surface area contributed by atoms with Gasteiger partial charge in [0.05, 0.1) is 15.9 Å². The number of nitrogens with zero attached hydrogens (tertiary/aromatic N) is 1. The van der Waals surface area contributed by atoms with E-state index in [0.29, 0.717) is 22.8 Å². The largest absolute Gasteiger partial charge is 1.00 e. The van der Waals surface area contributed by atoms with E-state index >= 15 is 0 Å². The zero-order valence-corrected chi connectivity index (χ0v) is 22.5. The van der Waals surface area contributed by atoms with Crippen molar-refractivity contribution in [3.63, 3.8) is 0 Å². The summed E-state index contributed by atoms with van der Waals surface area (Å²) in [4.78, 5) is 20.3. The fraction of sp³-hybridized carbons (Fsp3) is 0.333. The van der Waals surface area contributed by atoms with Crippen molar-refractivity contribution >= 4 is 33.0 Å². The Bertz CT molecular complexity index is 1370. The van der Waals surface area contributed by atoms with Crippen LogP contribution in [0.4, 0.5) is 0 Å². The van der Waals surface area contributed by atoms with Crippen molar-refractivity contribution in [2.75, 3.05) is 0 Å². The number of fused-ring (bicyclic) bond motifs is 3. The third-order valence-corrected chi connectivity index (χ3v) is 8.44. The molecule has 0 spiro atoms. The minimum absolute atomic E-state index is 0.